The summed E-state index contributed by atoms with van der Waals surface area (Å²) in [5, 5.41) is 3.17. The van der Waals surface area contributed by atoms with Crippen LogP contribution in [0.5, 0.6) is 23.0 Å². The minimum atomic E-state index is -3.19. The molecule has 0 unspecified atom stereocenters. The van der Waals surface area contributed by atoms with Gasteiger partial charge in [-0.15, -0.1) is 0 Å². The van der Waals surface area contributed by atoms with E-state index in [-0.39, 0.29) is 61.8 Å². The van der Waals surface area contributed by atoms with Gasteiger partial charge in [0, 0.05) is 74.1 Å². The molecule has 14 nitrogen and oxygen atoms in total. The summed E-state index contributed by atoms with van der Waals surface area (Å²) in [6, 6.07) is 21.9. The van der Waals surface area contributed by atoms with Gasteiger partial charge < -0.3 is 28.2 Å². The predicted octanol–water partition coefficient (Wildman–Crippen LogP) is 6.56. The third kappa shape index (κ3) is 7.57. The van der Waals surface area contributed by atoms with Crippen LogP contribution in [0.25, 0.3) is 0 Å². The zero-order valence-corrected chi connectivity index (χ0v) is 33.4. The van der Waals surface area contributed by atoms with Crippen molar-refractivity contribution in [1.82, 2.24) is 5.09 Å². The molecule has 0 saturated heterocycles. The first-order chi connectivity index (χ1) is 28.2. The molecule has 0 bridgehead atoms. The highest BCUT2D eigenvalue weighted by Gasteiger charge is 2.38. The Hall–Kier alpha value is -5.98. The molecule has 4 aliphatic heterocycles. The Kier molecular flexibility index (Phi) is 11.0. The number of fused-ring (bicyclic) bond motifs is 8. The first-order valence-corrected chi connectivity index (χ1v) is 21.3. The summed E-state index contributed by atoms with van der Waals surface area (Å²) in [5.74, 6) is 0.696. The summed E-state index contributed by atoms with van der Waals surface area (Å²) in [4.78, 5) is 52.4. The van der Waals surface area contributed by atoms with Crippen molar-refractivity contribution >= 4 is 60.3 Å². The molecule has 1 N–H and O–H groups in total. The SMILES string of the molecule is COC(=O)CCCNP(=O)(CCOc1cc2c(cc1OC)C(=O)N1c3ccccc3C[C@H]1C=N2)CCOc1cc2c(cc1OC)C(=O)N1c3ccccc3C[C@H]1C=N2. The lowest BCUT2D eigenvalue weighted by Gasteiger charge is -2.23. The number of carbonyl (C=O) groups is 3. The summed E-state index contributed by atoms with van der Waals surface area (Å²) >= 11 is 0. The summed E-state index contributed by atoms with van der Waals surface area (Å²) in [6.07, 6.45) is 5.74. The molecule has 0 fully saturated rings. The first-order valence-electron chi connectivity index (χ1n) is 19.2. The predicted molar refractivity (Wildman–Crippen MR) is 221 cm³/mol. The number of ether oxygens (including phenoxy) is 5. The van der Waals surface area contributed by atoms with E-state index in [4.69, 9.17) is 23.7 Å². The second-order valence-corrected chi connectivity index (χ2v) is 17.4. The molecular weight excluding hydrogens is 761 g/mol. The van der Waals surface area contributed by atoms with Crippen LogP contribution in [0.15, 0.2) is 82.8 Å². The number of esters is 1. The number of nitrogens with one attached hydrogen (secondary N) is 1. The number of anilines is 2. The van der Waals surface area contributed by atoms with Gasteiger partial charge in [-0.1, -0.05) is 36.4 Å². The number of para-hydroxylation sites is 2. The standard InChI is InChI=1S/C43H44N5O9P/c1-53-37-21-31-33(44-25-29-19-27-9-4-6-11-35(27)47(29)42(31)50)23-39(37)56-15-17-58(52,46-14-8-13-41(49)55-3)18-16-57-40-24-34-32(22-38(40)54-2)43(51)48-30(26-45-34)20-28-10-5-7-12-36(28)48/h4-7,9-12,21-26,29-30H,8,13-20H2,1-3H3,(H,46,52)/t29-,30-/m0/s1. The van der Waals surface area contributed by atoms with E-state index >= 15 is 0 Å². The maximum Gasteiger partial charge on any atom is 0.305 e. The maximum atomic E-state index is 14.5. The van der Waals surface area contributed by atoms with Crippen LogP contribution in [0.3, 0.4) is 0 Å². The van der Waals surface area contributed by atoms with E-state index in [9.17, 15) is 18.9 Å². The van der Waals surface area contributed by atoms with E-state index in [1.54, 1.807) is 46.5 Å². The van der Waals surface area contributed by atoms with Crippen LogP contribution in [0.2, 0.25) is 0 Å². The van der Waals surface area contributed by atoms with Crippen molar-refractivity contribution in [3.05, 3.63) is 95.1 Å². The Morgan fingerprint density at radius 3 is 1.67 bits per heavy atom. The second-order valence-electron chi connectivity index (χ2n) is 14.4. The number of methoxy groups -OCH3 is 3. The zero-order chi connectivity index (χ0) is 40.4. The summed E-state index contributed by atoms with van der Waals surface area (Å²) < 4.78 is 43.0. The van der Waals surface area contributed by atoms with Gasteiger partial charge in [-0.25, -0.2) is 0 Å². The smallest absolute Gasteiger partial charge is 0.305 e. The number of rotatable bonds is 15. The minimum absolute atomic E-state index is 0.0377. The van der Waals surface area contributed by atoms with E-state index < -0.39 is 7.29 Å². The van der Waals surface area contributed by atoms with E-state index in [2.05, 4.69) is 15.1 Å². The number of carbonyl (C=O) groups excluding carboxylic acids is 3. The summed E-state index contributed by atoms with van der Waals surface area (Å²) in [6.45, 7) is 0.373. The van der Waals surface area contributed by atoms with E-state index in [1.807, 2.05) is 48.5 Å². The third-order valence-electron chi connectivity index (χ3n) is 10.9. The number of hydrogen-bond donors (Lipinski definition) is 1. The summed E-state index contributed by atoms with van der Waals surface area (Å²) in [7, 11) is 1.14. The van der Waals surface area contributed by atoms with Gasteiger partial charge in [0.2, 0.25) is 0 Å². The minimum Gasteiger partial charge on any atom is -0.493 e. The highest BCUT2D eigenvalue weighted by molar-refractivity contribution is 7.61. The van der Waals surface area contributed by atoms with Crippen LogP contribution in [0.4, 0.5) is 22.7 Å². The average Bonchev–Trinajstić information content (AvgIpc) is 3.73. The zero-order valence-electron chi connectivity index (χ0n) is 32.5. The van der Waals surface area contributed by atoms with Crippen molar-refractivity contribution in [3.8, 4) is 23.0 Å². The van der Waals surface area contributed by atoms with Crippen molar-refractivity contribution in [1.29, 1.82) is 0 Å². The monoisotopic (exact) mass is 805 g/mol. The van der Waals surface area contributed by atoms with Gasteiger partial charge in [0.25, 0.3) is 11.8 Å². The number of aliphatic imine (C=N–C) groups is 2. The van der Waals surface area contributed by atoms with Gasteiger partial charge in [-0.3, -0.25) is 39.3 Å². The Balaban J connectivity index is 0.962. The lowest BCUT2D eigenvalue weighted by molar-refractivity contribution is -0.140. The topological polar surface area (TPSA) is 158 Å². The number of nitrogens with zero attached hydrogens (tertiary/aromatic N) is 4. The van der Waals surface area contributed by atoms with Crippen molar-refractivity contribution in [3.63, 3.8) is 0 Å². The molecule has 8 rings (SSSR count). The van der Waals surface area contributed by atoms with Gasteiger partial charge in [-0.2, -0.15) is 0 Å². The number of amides is 2. The fourth-order valence-corrected chi connectivity index (χ4v) is 9.75. The van der Waals surface area contributed by atoms with Gasteiger partial charge in [0.1, 0.15) is 0 Å². The molecule has 0 saturated carbocycles. The molecule has 4 heterocycles. The fourth-order valence-electron chi connectivity index (χ4n) is 7.87. The Morgan fingerprint density at radius 2 is 1.21 bits per heavy atom. The molecule has 0 radical (unpaired) electrons. The van der Waals surface area contributed by atoms with E-state index in [1.165, 1.54) is 21.3 Å². The molecule has 15 heteroatoms. The van der Waals surface area contributed by atoms with Crippen molar-refractivity contribution in [2.24, 2.45) is 9.98 Å². The molecule has 300 valence electrons. The molecule has 0 aromatic heterocycles. The van der Waals surface area contributed by atoms with E-state index in [0.29, 0.717) is 71.3 Å². The first kappa shape index (κ1) is 38.9. The molecule has 2 amide bonds. The molecule has 4 aromatic rings. The number of benzene rings is 4. The van der Waals surface area contributed by atoms with Gasteiger partial charge in [0.15, 0.2) is 30.3 Å². The number of hydrogen-bond acceptors (Lipinski definition) is 11. The highest BCUT2D eigenvalue weighted by Crippen LogP contribution is 2.45. The van der Waals surface area contributed by atoms with Crippen molar-refractivity contribution < 1.29 is 42.6 Å². The van der Waals surface area contributed by atoms with Crippen LogP contribution in [-0.2, 0) is 26.9 Å². The van der Waals surface area contributed by atoms with E-state index in [0.717, 1.165) is 22.5 Å². The molecule has 4 aliphatic rings. The second kappa shape index (κ2) is 16.5. The normalized spacial score (nSPS) is 17.3. The van der Waals surface area contributed by atoms with Crippen molar-refractivity contribution in [2.75, 3.05) is 63.2 Å². The average molecular weight is 806 g/mol. The Labute approximate surface area is 336 Å². The van der Waals surface area contributed by atoms with Crippen molar-refractivity contribution in [2.45, 2.75) is 37.8 Å². The van der Waals surface area contributed by atoms with Crippen LogP contribution in [0.1, 0.15) is 44.7 Å². The fraction of sp³-hybridized carbons (Fsp3) is 0.326. The lowest BCUT2D eigenvalue weighted by Crippen LogP contribution is -2.37. The van der Waals surface area contributed by atoms with Crippen LogP contribution in [-0.4, -0.2) is 95.7 Å². The largest absolute Gasteiger partial charge is 0.493 e. The van der Waals surface area contributed by atoms with Gasteiger partial charge in [0.05, 0.1) is 69.1 Å². The lowest BCUT2D eigenvalue weighted by atomic mass is 10.1. The Morgan fingerprint density at radius 1 is 0.724 bits per heavy atom. The molecule has 58 heavy (non-hydrogen) atoms. The van der Waals surface area contributed by atoms with Crippen LogP contribution < -0.4 is 33.8 Å². The highest BCUT2D eigenvalue weighted by atomic mass is 31.2. The molecular formula is C43H44N5O9P. The molecule has 2 atom stereocenters. The third-order valence-corrected chi connectivity index (χ3v) is 13.5. The van der Waals surface area contributed by atoms with Gasteiger partial charge >= 0.3 is 5.97 Å². The maximum absolute atomic E-state index is 14.5. The molecule has 0 spiro atoms. The quantitative estimate of drug-likeness (QED) is 0.0793. The Bertz CT molecular complexity index is 2230. The van der Waals surface area contributed by atoms with Gasteiger partial charge in [-0.05, 0) is 41.8 Å². The molecule has 4 aromatic carbocycles. The summed E-state index contributed by atoms with van der Waals surface area (Å²) in [5.41, 5.74) is 5.61. The molecule has 0 aliphatic carbocycles. The van der Waals surface area contributed by atoms with Crippen LogP contribution >= 0.6 is 7.29 Å². The van der Waals surface area contributed by atoms with Crippen LogP contribution in [0, 0.1) is 0 Å².